The maximum absolute atomic E-state index is 14.0. The first-order chi connectivity index (χ1) is 21.3. The zero-order valence-electron chi connectivity index (χ0n) is 29.6. The van der Waals surface area contributed by atoms with Gasteiger partial charge in [-0.25, -0.2) is 13.6 Å². The summed E-state index contributed by atoms with van der Waals surface area (Å²) in [5.41, 5.74) is -0.862. The molecule has 0 spiro atoms. The summed E-state index contributed by atoms with van der Waals surface area (Å²) in [5, 5.41) is 30.9. The molecule has 2 saturated heterocycles. The first kappa shape index (κ1) is 39.0. The number of rotatable bonds is 12. The van der Waals surface area contributed by atoms with E-state index >= 15 is 0 Å². The normalized spacial score (nSPS) is 29.3. The van der Waals surface area contributed by atoms with Gasteiger partial charge in [-0.3, -0.25) is 20.1 Å². The fourth-order valence-electron chi connectivity index (χ4n) is 6.56. The van der Waals surface area contributed by atoms with Crippen molar-refractivity contribution in [2.45, 2.75) is 123 Å². The molecule has 1 amide bonds. The number of hydrogen-bond donors (Lipinski definition) is 4. The van der Waals surface area contributed by atoms with Gasteiger partial charge in [0.2, 0.25) is 0 Å². The third kappa shape index (κ3) is 11.3. The fourth-order valence-corrected chi connectivity index (χ4v) is 6.56. The molecular weight excluding hydrogens is 598 g/mol. The van der Waals surface area contributed by atoms with Gasteiger partial charge in [0.15, 0.2) is 0 Å². The summed E-state index contributed by atoms with van der Waals surface area (Å²) in [6.45, 7) is 18.5. The van der Waals surface area contributed by atoms with Gasteiger partial charge >= 0.3 is 6.09 Å². The number of alkyl halides is 2. The molecule has 0 radical (unpaired) electrons. The second kappa shape index (κ2) is 16.3. The van der Waals surface area contributed by atoms with Crippen LogP contribution in [0.5, 0.6) is 0 Å². The minimum Gasteiger partial charge on any atom is -0.444 e. The lowest BCUT2D eigenvalue weighted by molar-refractivity contribution is -0.133. The number of piperidine rings is 2. The Balaban J connectivity index is 1.92. The van der Waals surface area contributed by atoms with Crippen molar-refractivity contribution in [3.63, 3.8) is 0 Å². The van der Waals surface area contributed by atoms with Crippen molar-refractivity contribution in [1.29, 1.82) is 0 Å². The fraction of sp³-hybridized carbons (Fsp3) is 0.939. The Hall–Kier alpha value is -1.48. The van der Waals surface area contributed by atoms with Crippen LogP contribution in [0, 0.1) is 23.2 Å². The van der Waals surface area contributed by atoms with Crippen LogP contribution in [0.25, 0.3) is 0 Å². The van der Waals surface area contributed by atoms with E-state index in [0.29, 0.717) is 32.7 Å². The van der Waals surface area contributed by atoms with Gasteiger partial charge in [0.05, 0.1) is 12.1 Å². The average molecular weight is 661 g/mol. The van der Waals surface area contributed by atoms with Crippen molar-refractivity contribution in [2.24, 2.45) is 28.2 Å². The number of aliphatic hydroxyl groups is 2. The monoisotopic (exact) mass is 660 g/mol. The molecule has 3 unspecified atom stereocenters. The van der Waals surface area contributed by atoms with Gasteiger partial charge in [-0.1, -0.05) is 34.6 Å². The van der Waals surface area contributed by atoms with E-state index in [1.165, 1.54) is 0 Å². The molecule has 0 aromatic carbocycles. The number of amides is 1. The molecule has 0 aliphatic carbocycles. The van der Waals surface area contributed by atoms with Crippen LogP contribution in [0.3, 0.4) is 0 Å². The molecule has 46 heavy (non-hydrogen) atoms. The first-order valence-electron chi connectivity index (χ1n) is 17.0. The van der Waals surface area contributed by atoms with E-state index in [0.717, 1.165) is 6.42 Å². The number of carbonyl (C=O) groups is 1. The largest absolute Gasteiger partial charge is 0.444 e. The number of ether oxygens (including phenoxy) is 2. The second-order valence-corrected chi connectivity index (χ2v) is 15.9. The van der Waals surface area contributed by atoms with E-state index < -0.39 is 41.9 Å². The van der Waals surface area contributed by atoms with Crippen LogP contribution in [-0.2, 0) is 9.47 Å². The molecule has 13 heteroatoms. The van der Waals surface area contributed by atoms with Crippen molar-refractivity contribution in [1.82, 2.24) is 25.3 Å². The SMILES string of the molecule is COCCCNC1N[C@H](C(C)(C)C)N=CC1C(O)N(CC(C)C)[C@H]1C[C@@H]([C@H](O)N2CCC(F)(F)CC2)CN(C(=O)OC(C)(C)C)C1. The quantitative estimate of drug-likeness (QED) is 0.184. The predicted octanol–water partition coefficient (Wildman–Crippen LogP) is 3.55. The lowest BCUT2D eigenvalue weighted by atomic mass is 9.87. The molecule has 3 heterocycles. The summed E-state index contributed by atoms with van der Waals surface area (Å²) < 4.78 is 38.9. The number of likely N-dealkylation sites (tertiary alicyclic amines) is 2. The van der Waals surface area contributed by atoms with E-state index in [4.69, 9.17) is 14.5 Å². The van der Waals surface area contributed by atoms with Crippen molar-refractivity contribution in [3.8, 4) is 0 Å². The van der Waals surface area contributed by atoms with Crippen molar-refractivity contribution >= 4 is 12.3 Å². The lowest BCUT2D eigenvalue weighted by Crippen LogP contribution is -2.65. The van der Waals surface area contributed by atoms with Gasteiger partial charge in [-0.05, 0) is 51.5 Å². The van der Waals surface area contributed by atoms with Crippen molar-refractivity contribution in [3.05, 3.63) is 0 Å². The Morgan fingerprint density at radius 1 is 1.15 bits per heavy atom. The molecule has 0 bridgehead atoms. The molecule has 3 aliphatic heterocycles. The molecule has 3 rings (SSSR count). The molecule has 0 saturated carbocycles. The highest BCUT2D eigenvalue weighted by Gasteiger charge is 2.45. The summed E-state index contributed by atoms with van der Waals surface area (Å²) >= 11 is 0. The Kier molecular flexibility index (Phi) is 13.8. The molecule has 0 aromatic heterocycles. The summed E-state index contributed by atoms with van der Waals surface area (Å²) in [7, 11) is 1.67. The van der Waals surface area contributed by atoms with Crippen molar-refractivity contribution < 1.29 is 33.3 Å². The molecule has 7 atom stereocenters. The molecule has 0 aromatic rings. The van der Waals surface area contributed by atoms with Crippen LogP contribution in [0.15, 0.2) is 4.99 Å². The Labute approximate surface area is 275 Å². The number of hydrogen-bond acceptors (Lipinski definition) is 10. The van der Waals surface area contributed by atoms with E-state index in [1.54, 1.807) is 37.7 Å². The number of carbonyl (C=O) groups excluding carboxylic acids is 1. The third-order valence-corrected chi connectivity index (χ3v) is 9.01. The molecular formula is C33H62F2N6O5. The summed E-state index contributed by atoms with van der Waals surface area (Å²) in [6, 6.07) is -0.326. The third-order valence-electron chi connectivity index (χ3n) is 9.01. The van der Waals surface area contributed by atoms with Gasteiger partial charge in [-0.2, -0.15) is 0 Å². The maximum atomic E-state index is 14.0. The van der Waals surface area contributed by atoms with E-state index in [9.17, 15) is 23.8 Å². The van der Waals surface area contributed by atoms with E-state index in [1.807, 2.05) is 11.1 Å². The second-order valence-electron chi connectivity index (χ2n) is 15.9. The van der Waals surface area contributed by atoms with Crippen LogP contribution in [0.2, 0.25) is 0 Å². The van der Waals surface area contributed by atoms with Crippen LogP contribution < -0.4 is 10.6 Å². The minimum atomic E-state index is -2.73. The number of aliphatic hydroxyl groups excluding tert-OH is 2. The number of nitrogens with one attached hydrogen (secondary N) is 2. The zero-order chi connectivity index (χ0) is 34.4. The number of halogens is 2. The number of nitrogens with zero attached hydrogens (tertiary/aromatic N) is 4. The summed E-state index contributed by atoms with van der Waals surface area (Å²) in [5.74, 6) is -3.39. The topological polar surface area (TPSA) is 122 Å². The highest BCUT2D eigenvalue weighted by atomic mass is 19.3. The Morgan fingerprint density at radius 3 is 2.37 bits per heavy atom. The van der Waals surface area contributed by atoms with Crippen LogP contribution >= 0.6 is 0 Å². The maximum Gasteiger partial charge on any atom is 0.410 e. The van der Waals surface area contributed by atoms with E-state index in [-0.39, 0.29) is 62.2 Å². The zero-order valence-corrected chi connectivity index (χ0v) is 29.6. The first-order valence-corrected chi connectivity index (χ1v) is 17.0. The van der Waals surface area contributed by atoms with Gasteiger partial charge in [-0.15, -0.1) is 0 Å². The van der Waals surface area contributed by atoms with Gasteiger partial charge in [0.25, 0.3) is 5.92 Å². The standard InChI is InChI=1S/C33H62F2N6O5/c1-22(2)19-41(28(43)25-18-37-29(31(3,4)5)38-26(25)36-13-10-16-45-9)24-17-23(20-40(21-24)30(44)46-32(6,7)8)27(42)39-14-11-33(34,35)12-15-39/h18,22-29,36,38,42-43H,10-17,19-21H2,1-9H3/t23-,24+,25?,26?,27+,28?,29-/m1/s1. The van der Waals surface area contributed by atoms with Crippen LogP contribution in [-0.4, -0.2) is 133 Å². The smallest absolute Gasteiger partial charge is 0.410 e. The van der Waals surface area contributed by atoms with Crippen molar-refractivity contribution in [2.75, 3.05) is 53.0 Å². The van der Waals surface area contributed by atoms with E-state index in [2.05, 4.69) is 45.3 Å². The minimum absolute atomic E-state index is 0.0790. The van der Waals surface area contributed by atoms with Crippen LogP contribution in [0.1, 0.15) is 81.1 Å². The molecule has 4 N–H and O–H groups in total. The van der Waals surface area contributed by atoms with Crippen LogP contribution in [0.4, 0.5) is 13.6 Å². The number of aliphatic imine (C=N–C) groups is 1. The molecule has 2 fully saturated rings. The molecule has 3 aliphatic rings. The Morgan fingerprint density at radius 2 is 1.80 bits per heavy atom. The molecule has 268 valence electrons. The number of methoxy groups -OCH3 is 1. The summed E-state index contributed by atoms with van der Waals surface area (Å²) in [4.78, 5) is 23.6. The lowest BCUT2D eigenvalue weighted by Gasteiger charge is -2.49. The Bertz CT molecular complexity index is 981. The predicted molar refractivity (Wildman–Crippen MR) is 176 cm³/mol. The average Bonchev–Trinajstić information content (AvgIpc) is 2.95. The van der Waals surface area contributed by atoms with Gasteiger partial charge < -0.3 is 29.9 Å². The molecule has 11 nitrogen and oxygen atoms in total. The summed E-state index contributed by atoms with van der Waals surface area (Å²) in [6.07, 6.45) is -0.374. The highest BCUT2D eigenvalue weighted by molar-refractivity contribution is 5.68. The highest BCUT2D eigenvalue weighted by Crippen LogP contribution is 2.34. The van der Waals surface area contributed by atoms with Gasteiger partial charge in [0.1, 0.15) is 24.2 Å². The van der Waals surface area contributed by atoms with Gasteiger partial charge in [0, 0.05) is 77.5 Å².